The maximum Gasteiger partial charge on any atom is 0.339 e. The molecule has 0 spiro atoms. The molecule has 0 bridgehead atoms. The molecule has 2 aromatic rings. The second kappa shape index (κ2) is 5.64. The summed E-state index contributed by atoms with van der Waals surface area (Å²) in [7, 11) is -3.85. The zero-order chi connectivity index (χ0) is 14.8. The third kappa shape index (κ3) is 3.37. The summed E-state index contributed by atoms with van der Waals surface area (Å²) in [5.74, 6) is 0.184. The molecule has 5 heteroatoms. The van der Waals surface area contributed by atoms with Gasteiger partial charge in [-0.2, -0.15) is 8.42 Å². The van der Waals surface area contributed by atoms with Crippen molar-refractivity contribution >= 4 is 10.1 Å². The van der Waals surface area contributed by atoms with E-state index < -0.39 is 16.2 Å². The highest BCUT2D eigenvalue weighted by molar-refractivity contribution is 7.87. The van der Waals surface area contributed by atoms with Gasteiger partial charge in [0.15, 0.2) is 0 Å². The first-order chi connectivity index (χ1) is 9.38. The monoisotopic (exact) mass is 292 g/mol. The van der Waals surface area contributed by atoms with E-state index in [1.54, 1.807) is 31.2 Å². The Bertz CT molecular complexity index is 688. The Hall–Kier alpha value is -1.85. The molecule has 2 aromatic carbocycles. The van der Waals surface area contributed by atoms with E-state index in [4.69, 9.17) is 4.18 Å². The molecule has 0 saturated carbocycles. The molecule has 0 heterocycles. The Morgan fingerprint density at radius 1 is 1.10 bits per heavy atom. The van der Waals surface area contributed by atoms with Crippen LogP contribution in [0.2, 0.25) is 0 Å². The van der Waals surface area contributed by atoms with Gasteiger partial charge in [0.1, 0.15) is 10.6 Å². The molecule has 0 aliphatic heterocycles. The number of hydrogen-bond donors (Lipinski definition) is 1. The lowest BCUT2D eigenvalue weighted by Gasteiger charge is -2.10. The molecule has 4 nitrogen and oxygen atoms in total. The molecule has 20 heavy (non-hydrogen) atoms. The van der Waals surface area contributed by atoms with Crippen molar-refractivity contribution in [2.45, 2.75) is 24.8 Å². The fourth-order valence-corrected chi connectivity index (χ4v) is 2.63. The van der Waals surface area contributed by atoms with Crippen LogP contribution >= 0.6 is 0 Å². The molecule has 0 amide bonds. The van der Waals surface area contributed by atoms with Crippen molar-refractivity contribution in [1.29, 1.82) is 0 Å². The van der Waals surface area contributed by atoms with Crippen LogP contribution in [0.1, 0.15) is 24.2 Å². The van der Waals surface area contributed by atoms with Crippen LogP contribution in [-0.4, -0.2) is 13.5 Å². The molecule has 1 N–H and O–H groups in total. The summed E-state index contributed by atoms with van der Waals surface area (Å²) >= 11 is 0. The minimum atomic E-state index is -3.85. The van der Waals surface area contributed by atoms with Gasteiger partial charge in [-0.3, -0.25) is 0 Å². The number of rotatable bonds is 4. The van der Waals surface area contributed by atoms with Crippen LogP contribution in [0.4, 0.5) is 0 Å². The highest BCUT2D eigenvalue weighted by Gasteiger charge is 2.16. The Kier molecular flexibility index (Phi) is 4.11. The van der Waals surface area contributed by atoms with Crippen molar-refractivity contribution in [3.63, 3.8) is 0 Å². The maximum absolute atomic E-state index is 12.1. The van der Waals surface area contributed by atoms with Crippen LogP contribution in [0.15, 0.2) is 53.4 Å². The van der Waals surface area contributed by atoms with E-state index in [1.165, 1.54) is 24.3 Å². The lowest BCUT2D eigenvalue weighted by molar-refractivity contribution is 0.199. The average molecular weight is 292 g/mol. The minimum absolute atomic E-state index is 0.102. The van der Waals surface area contributed by atoms with E-state index >= 15 is 0 Å². The standard InChI is InChI=1S/C15H16O4S/c1-11-6-8-15(9-7-11)20(17,18)19-14-5-3-4-13(10-14)12(2)16/h3-10,12,16H,1-2H3. The molecule has 106 valence electrons. The molecule has 0 aromatic heterocycles. The Labute approximate surface area is 118 Å². The highest BCUT2D eigenvalue weighted by Crippen LogP contribution is 2.22. The number of aliphatic hydroxyl groups excluding tert-OH is 1. The third-order valence-electron chi connectivity index (χ3n) is 2.86. The lowest BCUT2D eigenvalue weighted by atomic mass is 10.1. The van der Waals surface area contributed by atoms with Crippen LogP contribution in [0.25, 0.3) is 0 Å². The topological polar surface area (TPSA) is 63.6 Å². The first-order valence-electron chi connectivity index (χ1n) is 6.18. The van der Waals surface area contributed by atoms with Gasteiger partial charge in [0, 0.05) is 0 Å². The van der Waals surface area contributed by atoms with Crippen molar-refractivity contribution in [2.24, 2.45) is 0 Å². The van der Waals surface area contributed by atoms with E-state index in [9.17, 15) is 13.5 Å². The first kappa shape index (κ1) is 14.6. The van der Waals surface area contributed by atoms with Crippen molar-refractivity contribution in [2.75, 3.05) is 0 Å². The Morgan fingerprint density at radius 2 is 1.75 bits per heavy atom. The largest absolute Gasteiger partial charge is 0.389 e. The fraction of sp³-hybridized carbons (Fsp3) is 0.200. The SMILES string of the molecule is Cc1ccc(S(=O)(=O)Oc2cccc(C(C)O)c2)cc1. The smallest absolute Gasteiger partial charge is 0.339 e. The van der Waals surface area contributed by atoms with Gasteiger partial charge in [-0.15, -0.1) is 0 Å². The molecule has 2 rings (SSSR count). The summed E-state index contributed by atoms with van der Waals surface area (Å²) in [6.45, 7) is 3.48. The van der Waals surface area contributed by atoms with Gasteiger partial charge < -0.3 is 9.29 Å². The van der Waals surface area contributed by atoms with Crippen LogP contribution in [-0.2, 0) is 10.1 Å². The van der Waals surface area contributed by atoms with Crippen molar-refractivity contribution < 1.29 is 17.7 Å². The molecular formula is C15H16O4S. The summed E-state index contributed by atoms with van der Waals surface area (Å²) in [5.41, 5.74) is 1.57. The van der Waals surface area contributed by atoms with E-state index in [2.05, 4.69) is 0 Å². The van der Waals surface area contributed by atoms with Gasteiger partial charge in [-0.1, -0.05) is 29.8 Å². The zero-order valence-electron chi connectivity index (χ0n) is 11.3. The fourth-order valence-electron chi connectivity index (χ4n) is 1.71. The molecule has 0 fully saturated rings. The summed E-state index contributed by atoms with van der Waals surface area (Å²) in [6.07, 6.45) is -0.680. The molecular weight excluding hydrogens is 276 g/mol. The summed E-state index contributed by atoms with van der Waals surface area (Å²) < 4.78 is 29.3. The van der Waals surface area contributed by atoms with Crippen molar-refractivity contribution in [1.82, 2.24) is 0 Å². The van der Waals surface area contributed by atoms with Gasteiger partial charge in [0.25, 0.3) is 0 Å². The Balaban J connectivity index is 2.28. The van der Waals surface area contributed by atoms with Gasteiger partial charge in [-0.25, -0.2) is 0 Å². The predicted octanol–water partition coefficient (Wildman–Crippen LogP) is 2.82. The average Bonchev–Trinajstić information content (AvgIpc) is 2.39. The van der Waals surface area contributed by atoms with Gasteiger partial charge in [0.2, 0.25) is 0 Å². The third-order valence-corrected chi connectivity index (χ3v) is 4.12. The van der Waals surface area contributed by atoms with Crippen molar-refractivity contribution in [3.8, 4) is 5.75 Å². The molecule has 1 atom stereocenters. The minimum Gasteiger partial charge on any atom is -0.389 e. The number of aryl methyl sites for hydroxylation is 1. The van der Waals surface area contributed by atoms with Crippen LogP contribution in [0.3, 0.4) is 0 Å². The molecule has 0 aliphatic rings. The summed E-state index contributed by atoms with van der Waals surface area (Å²) in [6, 6.07) is 12.8. The highest BCUT2D eigenvalue weighted by atomic mass is 32.2. The number of aliphatic hydroxyl groups is 1. The maximum atomic E-state index is 12.1. The summed E-state index contributed by atoms with van der Waals surface area (Å²) in [4.78, 5) is 0.102. The van der Waals surface area contributed by atoms with E-state index in [0.29, 0.717) is 5.56 Å². The molecule has 0 aliphatic carbocycles. The second-order valence-corrected chi connectivity index (χ2v) is 6.15. The van der Waals surface area contributed by atoms with E-state index in [0.717, 1.165) is 5.56 Å². The van der Waals surface area contributed by atoms with Crippen LogP contribution in [0, 0.1) is 6.92 Å². The normalized spacial score (nSPS) is 12.9. The lowest BCUT2D eigenvalue weighted by Crippen LogP contribution is -2.10. The Morgan fingerprint density at radius 3 is 2.35 bits per heavy atom. The zero-order valence-corrected chi connectivity index (χ0v) is 12.1. The molecule has 0 radical (unpaired) electrons. The first-order valence-corrected chi connectivity index (χ1v) is 7.58. The van der Waals surface area contributed by atoms with Gasteiger partial charge in [0.05, 0.1) is 6.10 Å². The predicted molar refractivity (Wildman–Crippen MR) is 76.1 cm³/mol. The van der Waals surface area contributed by atoms with Gasteiger partial charge in [-0.05, 0) is 43.7 Å². The number of hydrogen-bond acceptors (Lipinski definition) is 4. The van der Waals surface area contributed by atoms with Crippen molar-refractivity contribution in [3.05, 3.63) is 59.7 Å². The van der Waals surface area contributed by atoms with E-state index in [1.807, 2.05) is 6.92 Å². The van der Waals surface area contributed by atoms with Gasteiger partial charge >= 0.3 is 10.1 Å². The molecule has 1 unspecified atom stereocenters. The van der Waals surface area contributed by atoms with Crippen LogP contribution in [0.5, 0.6) is 5.75 Å². The van der Waals surface area contributed by atoms with E-state index in [-0.39, 0.29) is 10.6 Å². The summed E-state index contributed by atoms with van der Waals surface area (Å²) in [5, 5.41) is 9.49. The quantitative estimate of drug-likeness (QED) is 0.880. The number of benzene rings is 2. The second-order valence-electron chi connectivity index (χ2n) is 4.60. The molecule has 0 saturated heterocycles. The van der Waals surface area contributed by atoms with Crippen LogP contribution < -0.4 is 4.18 Å².